The van der Waals surface area contributed by atoms with Crippen molar-refractivity contribution in [2.45, 2.75) is 50.3 Å². The summed E-state index contributed by atoms with van der Waals surface area (Å²) in [5.74, 6) is 0.787. The van der Waals surface area contributed by atoms with E-state index in [0.29, 0.717) is 6.04 Å². The quantitative estimate of drug-likeness (QED) is 0.819. The molecule has 0 unspecified atom stereocenters. The van der Waals surface area contributed by atoms with E-state index in [1.807, 2.05) is 37.3 Å². The largest absolute Gasteiger partial charge is 0.384 e. The highest BCUT2D eigenvalue weighted by atomic mass is 16.3. The molecule has 2 N–H and O–H groups in total. The molecule has 4 atom stereocenters. The summed E-state index contributed by atoms with van der Waals surface area (Å²) in [6.45, 7) is 1.95. The molecule has 2 fully saturated rings. The molecule has 1 saturated carbocycles. The summed E-state index contributed by atoms with van der Waals surface area (Å²) in [5, 5.41) is 14.4. The highest BCUT2D eigenvalue weighted by Gasteiger charge is 2.44. The fourth-order valence-electron chi connectivity index (χ4n) is 3.54. The van der Waals surface area contributed by atoms with E-state index in [0.717, 1.165) is 17.9 Å². The fraction of sp³-hybridized carbons (Fsp3) is 0.600. The van der Waals surface area contributed by atoms with Gasteiger partial charge in [-0.15, -0.1) is 0 Å². The Balaban J connectivity index is 1.80. The molecule has 1 aromatic carbocycles. The van der Waals surface area contributed by atoms with Crippen molar-refractivity contribution in [3.8, 4) is 0 Å². The number of benzene rings is 1. The van der Waals surface area contributed by atoms with Crippen LogP contribution in [0.25, 0.3) is 0 Å². The van der Waals surface area contributed by atoms with Gasteiger partial charge in [0.25, 0.3) is 0 Å². The van der Waals surface area contributed by atoms with Gasteiger partial charge in [0.2, 0.25) is 0 Å². The van der Waals surface area contributed by atoms with Gasteiger partial charge >= 0.3 is 0 Å². The molecule has 0 spiro atoms. The third-order valence-electron chi connectivity index (χ3n) is 4.65. The van der Waals surface area contributed by atoms with Crippen molar-refractivity contribution in [1.82, 2.24) is 5.32 Å². The average molecular weight is 231 g/mol. The second-order valence-corrected chi connectivity index (χ2v) is 5.77. The Morgan fingerprint density at radius 1 is 1.24 bits per heavy atom. The Labute approximate surface area is 103 Å². The molecule has 1 aromatic rings. The van der Waals surface area contributed by atoms with Crippen molar-refractivity contribution >= 4 is 0 Å². The first-order valence-corrected chi connectivity index (χ1v) is 6.72. The van der Waals surface area contributed by atoms with Crippen molar-refractivity contribution in [3.63, 3.8) is 0 Å². The van der Waals surface area contributed by atoms with Gasteiger partial charge in [-0.2, -0.15) is 0 Å². The van der Waals surface area contributed by atoms with Crippen molar-refractivity contribution in [1.29, 1.82) is 0 Å². The van der Waals surface area contributed by atoms with E-state index in [9.17, 15) is 5.11 Å². The minimum atomic E-state index is -0.744. The van der Waals surface area contributed by atoms with E-state index in [1.165, 1.54) is 19.3 Å². The first-order chi connectivity index (χ1) is 8.18. The van der Waals surface area contributed by atoms with E-state index in [4.69, 9.17) is 0 Å². The molecular formula is C15H21NO. The van der Waals surface area contributed by atoms with E-state index >= 15 is 0 Å². The maximum Gasteiger partial charge on any atom is 0.102 e. The lowest BCUT2D eigenvalue weighted by molar-refractivity contribution is 0.0188. The van der Waals surface area contributed by atoms with Crippen molar-refractivity contribution in [2.24, 2.45) is 5.92 Å². The van der Waals surface area contributed by atoms with Crippen molar-refractivity contribution < 1.29 is 5.11 Å². The fourth-order valence-corrected chi connectivity index (χ4v) is 3.54. The van der Waals surface area contributed by atoms with Gasteiger partial charge in [-0.25, -0.2) is 0 Å². The van der Waals surface area contributed by atoms with Gasteiger partial charge in [0, 0.05) is 12.1 Å². The van der Waals surface area contributed by atoms with Crippen LogP contribution in [0.5, 0.6) is 0 Å². The Morgan fingerprint density at radius 3 is 2.71 bits per heavy atom. The standard InChI is InChI=1S/C15H21NO/c1-15(17,12-7-3-2-4-8-12)14-10-11-6-5-9-13(11)16-14/h2-4,7-8,11,13-14,16-17H,5-6,9-10H2,1H3/t11-,13-,14+,15-/m1/s1. The van der Waals surface area contributed by atoms with Crippen LogP contribution >= 0.6 is 0 Å². The van der Waals surface area contributed by atoms with Crippen LogP contribution in [0.2, 0.25) is 0 Å². The lowest BCUT2D eigenvalue weighted by Gasteiger charge is -2.31. The Bertz CT molecular complexity index is 375. The summed E-state index contributed by atoms with van der Waals surface area (Å²) in [6, 6.07) is 10.9. The monoisotopic (exact) mass is 231 g/mol. The Morgan fingerprint density at radius 2 is 2.00 bits per heavy atom. The van der Waals surface area contributed by atoms with Crippen molar-refractivity contribution in [3.05, 3.63) is 35.9 Å². The minimum Gasteiger partial charge on any atom is -0.384 e. The summed E-state index contributed by atoms with van der Waals surface area (Å²) in [6.07, 6.45) is 5.08. The highest BCUT2D eigenvalue weighted by molar-refractivity contribution is 5.24. The third kappa shape index (κ3) is 1.90. The third-order valence-corrected chi connectivity index (χ3v) is 4.65. The van der Waals surface area contributed by atoms with Gasteiger partial charge in [-0.1, -0.05) is 36.8 Å². The molecule has 17 heavy (non-hydrogen) atoms. The maximum absolute atomic E-state index is 10.8. The summed E-state index contributed by atoms with van der Waals surface area (Å²) in [5.41, 5.74) is 0.281. The van der Waals surface area contributed by atoms with Crippen molar-refractivity contribution in [2.75, 3.05) is 0 Å². The summed E-state index contributed by atoms with van der Waals surface area (Å²) in [4.78, 5) is 0. The molecule has 2 nitrogen and oxygen atoms in total. The van der Waals surface area contributed by atoms with Gasteiger partial charge in [0.15, 0.2) is 0 Å². The molecule has 0 aromatic heterocycles. The molecule has 1 aliphatic carbocycles. The van der Waals surface area contributed by atoms with E-state index in [1.54, 1.807) is 0 Å². The zero-order valence-corrected chi connectivity index (χ0v) is 10.4. The van der Waals surface area contributed by atoms with E-state index < -0.39 is 5.60 Å². The van der Waals surface area contributed by atoms with Gasteiger partial charge in [-0.05, 0) is 37.7 Å². The van der Waals surface area contributed by atoms with Crippen LogP contribution in [0.4, 0.5) is 0 Å². The summed E-state index contributed by atoms with van der Waals surface area (Å²) < 4.78 is 0. The second-order valence-electron chi connectivity index (χ2n) is 5.77. The lowest BCUT2D eigenvalue weighted by atomic mass is 9.85. The molecule has 1 aliphatic heterocycles. The van der Waals surface area contributed by atoms with E-state index in [2.05, 4.69) is 5.32 Å². The number of hydrogen-bond donors (Lipinski definition) is 2. The number of rotatable bonds is 2. The predicted molar refractivity (Wildman–Crippen MR) is 68.7 cm³/mol. The summed E-state index contributed by atoms with van der Waals surface area (Å²) in [7, 11) is 0. The SMILES string of the molecule is C[C@@](O)(c1ccccc1)[C@@H]1C[C@H]2CCC[C@H]2N1. The molecule has 0 bridgehead atoms. The van der Waals surface area contributed by atoms with Crippen LogP contribution in [0.15, 0.2) is 30.3 Å². The van der Waals surface area contributed by atoms with Crippen LogP contribution in [0.1, 0.15) is 38.2 Å². The van der Waals surface area contributed by atoms with Crippen LogP contribution < -0.4 is 5.32 Å². The Hall–Kier alpha value is -0.860. The molecular weight excluding hydrogens is 210 g/mol. The van der Waals surface area contributed by atoms with Crippen LogP contribution in [0, 0.1) is 5.92 Å². The molecule has 2 heteroatoms. The highest BCUT2D eigenvalue weighted by Crippen LogP contribution is 2.40. The topological polar surface area (TPSA) is 32.3 Å². The number of nitrogens with one attached hydrogen (secondary N) is 1. The normalized spacial score (nSPS) is 35.5. The molecule has 0 amide bonds. The van der Waals surface area contributed by atoms with Crippen LogP contribution in [-0.2, 0) is 5.60 Å². The van der Waals surface area contributed by atoms with Crippen LogP contribution in [0.3, 0.4) is 0 Å². The number of fused-ring (bicyclic) bond motifs is 1. The smallest absolute Gasteiger partial charge is 0.102 e. The molecule has 1 heterocycles. The molecule has 3 rings (SSSR count). The first kappa shape index (κ1) is 11.2. The second kappa shape index (κ2) is 4.11. The average Bonchev–Trinajstić information content (AvgIpc) is 2.90. The van der Waals surface area contributed by atoms with Gasteiger partial charge < -0.3 is 10.4 Å². The van der Waals surface area contributed by atoms with Crippen LogP contribution in [-0.4, -0.2) is 17.2 Å². The number of aliphatic hydroxyl groups is 1. The summed E-state index contributed by atoms with van der Waals surface area (Å²) >= 11 is 0. The Kier molecular flexibility index (Phi) is 2.72. The zero-order chi connectivity index (χ0) is 11.9. The van der Waals surface area contributed by atoms with E-state index in [-0.39, 0.29) is 6.04 Å². The molecule has 1 saturated heterocycles. The number of hydrogen-bond acceptors (Lipinski definition) is 2. The molecule has 2 aliphatic rings. The predicted octanol–water partition coefficient (Wildman–Crippen LogP) is 2.42. The van der Waals surface area contributed by atoms with Gasteiger partial charge in [-0.3, -0.25) is 0 Å². The molecule has 0 radical (unpaired) electrons. The maximum atomic E-state index is 10.8. The minimum absolute atomic E-state index is 0.209. The van der Waals surface area contributed by atoms with Gasteiger partial charge in [0.1, 0.15) is 5.60 Å². The lowest BCUT2D eigenvalue weighted by Crippen LogP contribution is -2.45. The molecule has 92 valence electrons. The van der Waals surface area contributed by atoms with Gasteiger partial charge in [0.05, 0.1) is 0 Å². The first-order valence-electron chi connectivity index (χ1n) is 6.72. The zero-order valence-electron chi connectivity index (χ0n) is 10.4.